The number of hydrogen-bond acceptors (Lipinski definition) is 7. The van der Waals surface area contributed by atoms with Crippen LogP contribution in [0.4, 0.5) is 9.59 Å². The topological polar surface area (TPSA) is 82.6 Å². The van der Waals surface area contributed by atoms with Crippen molar-refractivity contribution in [1.82, 2.24) is 19.8 Å². The molecule has 3 amide bonds. The van der Waals surface area contributed by atoms with Crippen LogP contribution in [-0.2, 0) is 20.8 Å². The number of ether oxygens (including phenoxy) is 2. The van der Waals surface area contributed by atoms with E-state index in [0.717, 1.165) is 10.6 Å². The van der Waals surface area contributed by atoms with Crippen molar-refractivity contribution in [2.24, 2.45) is 11.3 Å². The van der Waals surface area contributed by atoms with Gasteiger partial charge in [0.05, 0.1) is 11.6 Å². The summed E-state index contributed by atoms with van der Waals surface area (Å²) in [4.78, 5) is 43.4. The summed E-state index contributed by atoms with van der Waals surface area (Å²) in [6.07, 6.45) is 5.86. The van der Waals surface area contributed by atoms with Gasteiger partial charge in [-0.15, -0.1) is 5.01 Å². The van der Waals surface area contributed by atoms with Gasteiger partial charge in [0.1, 0.15) is 5.60 Å². The standard InChI is InChI=1S/C28H36N4O5/c1-6-8-14-22(7-2)31-20-36-26(35)32(31)24(33)23-16-29(15-21-12-10-9-11-13-21)17-28(23)18-30(19-28)25(34)37-27(3,4)5/h6-14,23H,1,15-20H2,2-5H3/b14-8-,22-7+/t23-/m0/s1. The van der Waals surface area contributed by atoms with Crippen molar-refractivity contribution >= 4 is 18.1 Å². The minimum absolute atomic E-state index is 0.0524. The van der Waals surface area contributed by atoms with E-state index in [4.69, 9.17) is 9.47 Å². The smallest absolute Gasteiger partial charge is 0.438 e. The van der Waals surface area contributed by atoms with E-state index in [1.807, 2.05) is 52.0 Å². The largest absolute Gasteiger partial charge is 0.444 e. The molecule has 3 aliphatic rings. The molecule has 1 spiro atoms. The van der Waals surface area contributed by atoms with E-state index < -0.39 is 23.0 Å². The number of carbonyl (C=O) groups excluding carboxylic acids is 3. The lowest BCUT2D eigenvalue weighted by molar-refractivity contribution is -0.148. The van der Waals surface area contributed by atoms with Crippen molar-refractivity contribution in [2.75, 3.05) is 32.9 Å². The van der Waals surface area contributed by atoms with Gasteiger partial charge in [-0.25, -0.2) is 14.6 Å². The third-order valence-electron chi connectivity index (χ3n) is 6.86. The minimum atomic E-state index is -0.698. The summed E-state index contributed by atoms with van der Waals surface area (Å²) in [5.74, 6) is -0.821. The van der Waals surface area contributed by atoms with Crippen LogP contribution in [0.3, 0.4) is 0 Å². The third kappa shape index (κ3) is 5.56. The van der Waals surface area contributed by atoms with Crippen LogP contribution in [0.1, 0.15) is 33.3 Å². The molecule has 3 aliphatic heterocycles. The van der Waals surface area contributed by atoms with E-state index in [0.29, 0.717) is 38.4 Å². The van der Waals surface area contributed by atoms with Gasteiger partial charge in [-0.05, 0) is 39.3 Å². The van der Waals surface area contributed by atoms with Crippen LogP contribution in [0.2, 0.25) is 0 Å². The van der Waals surface area contributed by atoms with Crippen molar-refractivity contribution in [1.29, 1.82) is 0 Å². The molecular weight excluding hydrogens is 472 g/mol. The van der Waals surface area contributed by atoms with Gasteiger partial charge in [-0.2, -0.15) is 0 Å². The Bertz CT molecular complexity index is 1100. The van der Waals surface area contributed by atoms with E-state index in [9.17, 15) is 14.4 Å². The zero-order valence-corrected chi connectivity index (χ0v) is 22.1. The molecule has 4 rings (SSSR count). The van der Waals surface area contributed by atoms with Gasteiger partial charge in [-0.1, -0.05) is 55.1 Å². The molecule has 0 aromatic heterocycles. The molecule has 0 unspecified atom stereocenters. The third-order valence-corrected chi connectivity index (χ3v) is 6.86. The molecule has 9 heteroatoms. The molecule has 0 saturated carbocycles. The summed E-state index contributed by atoms with van der Waals surface area (Å²) in [6, 6.07) is 10.1. The number of benzene rings is 1. The van der Waals surface area contributed by atoms with Crippen molar-refractivity contribution in [3.63, 3.8) is 0 Å². The highest BCUT2D eigenvalue weighted by Gasteiger charge is 2.60. The van der Waals surface area contributed by atoms with Crippen LogP contribution >= 0.6 is 0 Å². The highest BCUT2D eigenvalue weighted by Crippen LogP contribution is 2.46. The quantitative estimate of drug-likeness (QED) is 0.534. The highest BCUT2D eigenvalue weighted by atomic mass is 16.6. The first kappa shape index (κ1) is 26.5. The lowest BCUT2D eigenvalue weighted by Gasteiger charge is -2.50. The van der Waals surface area contributed by atoms with Gasteiger partial charge >= 0.3 is 12.2 Å². The van der Waals surface area contributed by atoms with E-state index in [-0.39, 0.29) is 18.7 Å². The number of rotatable bonds is 6. The maximum Gasteiger partial charge on any atom is 0.438 e. The molecule has 1 aromatic carbocycles. The predicted octanol–water partition coefficient (Wildman–Crippen LogP) is 4.15. The average Bonchev–Trinajstić information content (AvgIpc) is 3.39. The fourth-order valence-corrected chi connectivity index (χ4v) is 5.24. The van der Waals surface area contributed by atoms with Crippen LogP contribution in [0, 0.1) is 11.3 Å². The normalized spacial score (nSPS) is 21.9. The SMILES string of the molecule is C=C/C=C\C(=C/C)N1COC(=O)N1C(=O)[C@@H]1CN(Cc2ccccc2)CC12CN(C(=O)OC(C)(C)C)C2. The Balaban J connectivity index is 1.58. The Labute approximate surface area is 218 Å². The summed E-state index contributed by atoms with van der Waals surface area (Å²) in [5.41, 5.74) is 0.703. The first-order valence-electron chi connectivity index (χ1n) is 12.5. The van der Waals surface area contributed by atoms with Gasteiger partial charge in [0.15, 0.2) is 6.73 Å². The molecule has 0 N–H and O–H groups in total. The zero-order valence-electron chi connectivity index (χ0n) is 22.1. The monoisotopic (exact) mass is 508 g/mol. The van der Waals surface area contributed by atoms with E-state index in [1.54, 1.807) is 28.1 Å². The molecule has 0 radical (unpaired) electrons. The number of hydrazine groups is 1. The van der Waals surface area contributed by atoms with Crippen molar-refractivity contribution < 1.29 is 23.9 Å². The number of hydrogen-bond donors (Lipinski definition) is 0. The maximum absolute atomic E-state index is 14.0. The summed E-state index contributed by atoms with van der Waals surface area (Å²) < 4.78 is 10.8. The second-order valence-corrected chi connectivity index (χ2v) is 10.8. The molecule has 0 aliphatic carbocycles. The molecule has 3 fully saturated rings. The number of allylic oxidation sites excluding steroid dienone is 4. The van der Waals surface area contributed by atoms with Gasteiger partial charge in [0.2, 0.25) is 0 Å². The summed E-state index contributed by atoms with van der Waals surface area (Å²) in [7, 11) is 0. The number of imide groups is 1. The van der Waals surface area contributed by atoms with Crippen molar-refractivity contribution in [3.05, 3.63) is 72.5 Å². The summed E-state index contributed by atoms with van der Waals surface area (Å²) >= 11 is 0. The Morgan fingerprint density at radius 2 is 1.89 bits per heavy atom. The fraction of sp³-hybridized carbons (Fsp3) is 0.464. The van der Waals surface area contributed by atoms with Crippen LogP contribution in [0.5, 0.6) is 0 Å². The van der Waals surface area contributed by atoms with Crippen LogP contribution in [0.25, 0.3) is 0 Å². The van der Waals surface area contributed by atoms with E-state index in [2.05, 4.69) is 23.6 Å². The van der Waals surface area contributed by atoms with Gasteiger partial charge in [0.25, 0.3) is 5.91 Å². The minimum Gasteiger partial charge on any atom is -0.444 e. The number of carbonyl (C=O) groups is 3. The predicted molar refractivity (Wildman–Crippen MR) is 139 cm³/mol. The fourth-order valence-electron chi connectivity index (χ4n) is 5.24. The van der Waals surface area contributed by atoms with Gasteiger partial charge < -0.3 is 14.4 Å². The molecule has 3 heterocycles. The van der Waals surface area contributed by atoms with E-state index >= 15 is 0 Å². The van der Waals surface area contributed by atoms with E-state index in [1.165, 1.54) is 0 Å². The van der Waals surface area contributed by atoms with Gasteiger partial charge in [0, 0.05) is 38.1 Å². The molecule has 1 aromatic rings. The molecule has 9 nitrogen and oxygen atoms in total. The summed E-state index contributed by atoms with van der Waals surface area (Å²) in [5, 5.41) is 2.65. The molecule has 37 heavy (non-hydrogen) atoms. The molecule has 1 atom stereocenters. The van der Waals surface area contributed by atoms with Crippen molar-refractivity contribution in [2.45, 2.75) is 39.8 Å². The number of nitrogens with zero attached hydrogens (tertiary/aromatic N) is 4. The lowest BCUT2D eigenvalue weighted by Crippen LogP contribution is -2.65. The van der Waals surface area contributed by atoms with Gasteiger partial charge in [-0.3, -0.25) is 9.69 Å². The van der Waals surface area contributed by atoms with Crippen LogP contribution in [-0.4, -0.2) is 76.4 Å². The Morgan fingerprint density at radius 1 is 1.19 bits per heavy atom. The summed E-state index contributed by atoms with van der Waals surface area (Å²) in [6.45, 7) is 13.5. The highest BCUT2D eigenvalue weighted by molar-refractivity contribution is 5.94. The first-order valence-corrected chi connectivity index (χ1v) is 12.5. The second-order valence-electron chi connectivity index (χ2n) is 10.8. The van der Waals surface area contributed by atoms with Crippen molar-refractivity contribution in [3.8, 4) is 0 Å². The lowest BCUT2D eigenvalue weighted by atomic mass is 9.71. The van der Waals surface area contributed by atoms with Crippen LogP contribution < -0.4 is 0 Å². The number of amides is 3. The Hall–Kier alpha value is -3.59. The second kappa shape index (κ2) is 10.4. The number of cyclic esters (lactones) is 1. The Morgan fingerprint density at radius 3 is 2.51 bits per heavy atom. The maximum atomic E-state index is 14.0. The molecule has 0 bridgehead atoms. The molecule has 198 valence electrons. The van der Waals surface area contributed by atoms with Crippen LogP contribution in [0.15, 0.2) is 66.9 Å². The molecule has 3 saturated heterocycles. The Kier molecular flexibility index (Phi) is 7.45. The number of likely N-dealkylation sites (tertiary alicyclic amines) is 2. The first-order chi connectivity index (χ1) is 17.6. The average molecular weight is 509 g/mol. The zero-order chi connectivity index (χ0) is 26.8. The molecular formula is C28H36N4O5.